The molecule has 0 unspecified atom stereocenters. The fraction of sp³-hybridized carbons (Fsp3) is 0.600. The highest BCUT2D eigenvalue weighted by atomic mass is 15.0. The lowest BCUT2D eigenvalue weighted by atomic mass is 9.93. The SMILES string of the molecule is NC1(C2(c3ncccn3)CC2)CC1. The molecular formula is C10H13N3. The Bertz CT molecular complexity index is 325. The summed E-state index contributed by atoms with van der Waals surface area (Å²) in [5.74, 6) is 0.968. The van der Waals surface area contributed by atoms with Gasteiger partial charge in [0.2, 0.25) is 0 Å². The van der Waals surface area contributed by atoms with Gasteiger partial charge in [0.05, 0.1) is 0 Å². The van der Waals surface area contributed by atoms with Crippen molar-refractivity contribution in [2.24, 2.45) is 5.73 Å². The standard InChI is InChI=1S/C10H13N3/c11-10(4-5-10)9(2-3-9)8-12-6-1-7-13-8/h1,6-7H,2-5,11H2. The first-order chi connectivity index (χ1) is 6.27. The first-order valence-electron chi connectivity index (χ1n) is 4.83. The van der Waals surface area contributed by atoms with Crippen LogP contribution in [-0.2, 0) is 5.41 Å². The molecule has 0 radical (unpaired) electrons. The van der Waals surface area contributed by atoms with Gasteiger partial charge >= 0.3 is 0 Å². The Morgan fingerprint density at radius 2 is 1.69 bits per heavy atom. The Kier molecular flexibility index (Phi) is 1.20. The normalized spacial score (nSPS) is 26.8. The molecule has 0 aliphatic heterocycles. The lowest BCUT2D eigenvalue weighted by Crippen LogP contribution is -2.38. The van der Waals surface area contributed by atoms with Gasteiger partial charge in [-0.15, -0.1) is 0 Å². The summed E-state index contributed by atoms with van der Waals surface area (Å²) < 4.78 is 0. The van der Waals surface area contributed by atoms with Gasteiger partial charge in [0.25, 0.3) is 0 Å². The van der Waals surface area contributed by atoms with E-state index in [0.29, 0.717) is 0 Å². The van der Waals surface area contributed by atoms with Crippen molar-refractivity contribution < 1.29 is 0 Å². The molecule has 1 heterocycles. The summed E-state index contributed by atoms with van der Waals surface area (Å²) in [5, 5.41) is 0. The van der Waals surface area contributed by atoms with Gasteiger partial charge in [0, 0.05) is 23.3 Å². The smallest absolute Gasteiger partial charge is 0.136 e. The van der Waals surface area contributed by atoms with E-state index in [9.17, 15) is 0 Å². The number of nitrogens with zero attached hydrogens (tertiary/aromatic N) is 2. The zero-order chi connectivity index (χ0) is 8.94. The third kappa shape index (κ3) is 0.879. The lowest BCUT2D eigenvalue weighted by molar-refractivity contribution is 0.477. The predicted molar refractivity (Wildman–Crippen MR) is 49.1 cm³/mol. The molecule has 3 nitrogen and oxygen atoms in total. The number of aromatic nitrogens is 2. The van der Waals surface area contributed by atoms with Crippen LogP contribution in [0.2, 0.25) is 0 Å². The van der Waals surface area contributed by atoms with E-state index in [1.165, 1.54) is 12.8 Å². The van der Waals surface area contributed by atoms with Crippen molar-refractivity contribution in [1.29, 1.82) is 0 Å². The Hall–Kier alpha value is -0.960. The van der Waals surface area contributed by atoms with Crippen LogP contribution in [0.15, 0.2) is 18.5 Å². The second-order valence-corrected chi connectivity index (χ2v) is 4.31. The van der Waals surface area contributed by atoms with Crippen molar-refractivity contribution in [3.8, 4) is 0 Å². The molecule has 3 rings (SSSR count). The third-order valence-electron chi connectivity index (χ3n) is 3.49. The predicted octanol–water partition coefficient (Wildman–Crippen LogP) is 0.999. The van der Waals surface area contributed by atoms with Crippen molar-refractivity contribution >= 4 is 0 Å². The molecule has 2 fully saturated rings. The summed E-state index contributed by atoms with van der Waals surface area (Å²) >= 11 is 0. The highest BCUT2D eigenvalue weighted by Crippen LogP contribution is 2.62. The Balaban J connectivity index is 2.01. The molecule has 0 spiro atoms. The van der Waals surface area contributed by atoms with Crippen LogP contribution in [0.5, 0.6) is 0 Å². The van der Waals surface area contributed by atoms with E-state index in [4.69, 9.17) is 5.73 Å². The zero-order valence-corrected chi connectivity index (χ0v) is 7.53. The topological polar surface area (TPSA) is 51.8 Å². The van der Waals surface area contributed by atoms with E-state index in [1.807, 2.05) is 18.5 Å². The number of hydrogen-bond donors (Lipinski definition) is 1. The summed E-state index contributed by atoms with van der Waals surface area (Å²) in [6.07, 6.45) is 8.26. The van der Waals surface area contributed by atoms with E-state index in [-0.39, 0.29) is 11.0 Å². The Morgan fingerprint density at radius 3 is 2.15 bits per heavy atom. The molecule has 2 N–H and O–H groups in total. The van der Waals surface area contributed by atoms with Gasteiger partial charge in [-0.3, -0.25) is 0 Å². The summed E-state index contributed by atoms with van der Waals surface area (Å²) in [6, 6.07) is 1.86. The first-order valence-corrected chi connectivity index (χ1v) is 4.83. The quantitative estimate of drug-likeness (QED) is 0.729. The van der Waals surface area contributed by atoms with Gasteiger partial charge in [-0.05, 0) is 31.7 Å². The van der Waals surface area contributed by atoms with Crippen molar-refractivity contribution in [3.05, 3.63) is 24.3 Å². The molecular weight excluding hydrogens is 162 g/mol. The fourth-order valence-electron chi connectivity index (χ4n) is 2.23. The summed E-state index contributed by atoms with van der Waals surface area (Å²) in [6.45, 7) is 0. The second kappa shape index (κ2) is 2.10. The van der Waals surface area contributed by atoms with E-state index < -0.39 is 0 Å². The Morgan fingerprint density at radius 1 is 1.08 bits per heavy atom. The van der Waals surface area contributed by atoms with Crippen molar-refractivity contribution in [2.45, 2.75) is 36.6 Å². The first kappa shape index (κ1) is 7.44. The summed E-state index contributed by atoms with van der Waals surface area (Å²) in [7, 11) is 0. The molecule has 0 saturated heterocycles. The van der Waals surface area contributed by atoms with Gasteiger partial charge in [-0.2, -0.15) is 0 Å². The molecule has 0 bridgehead atoms. The molecule has 0 atom stereocenters. The van der Waals surface area contributed by atoms with E-state index >= 15 is 0 Å². The minimum absolute atomic E-state index is 0.0361. The fourth-order valence-corrected chi connectivity index (χ4v) is 2.23. The van der Waals surface area contributed by atoms with E-state index in [1.54, 1.807) is 0 Å². The largest absolute Gasteiger partial charge is 0.324 e. The third-order valence-corrected chi connectivity index (χ3v) is 3.49. The number of rotatable bonds is 2. The molecule has 2 aliphatic carbocycles. The maximum absolute atomic E-state index is 6.24. The minimum atomic E-state index is 0.0361. The van der Waals surface area contributed by atoms with Crippen LogP contribution in [0.4, 0.5) is 0 Å². The molecule has 2 saturated carbocycles. The maximum atomic E-state index is 6.24. The average Bonchev–Trinajstić information content (AvgIpc) is 3.01. The Labute approximate surface area is 77.4 Å². The zero-order valence-electron chi connectivity index (χ0n) is 7.53. The van der Waals surface area contributed by atoms with E-state index in [0.717, 1.165) is 18.7 Å². The van der Waals surface area contributed by atoms with Crippen LogP contribution in [0.3, 0.4) is 0 Å². The van der Waals surface area contributed by atoms with Gasteiger partial charge in [0.15, 0.2) is 0 Å². The molecule has 3 heteroatoms. The van der Waals surface area contributed by atoms with Crippen LogP contribution in [0.1, 0.15) is 31.5 Å². The van der Waals surface area contributed by atoms with Crippen LogP contribution >= 0.6 is 0 Å². The minimum Gasteiger partial charge on any atom is -0.324 e. The van der Waals surface area contributed by atoms with Crippen LogP contribution in [0, 0.1) is 0 Å². The van der Waals surface area contributed by atoms with Crippen molar-refractivity contribution in [2.75, 3.05) is 0 Å². The monoisotopic (exact) mass is 175 g/mol. The van der Waals surface area contributed by atoms with Crippen LogP contribution < -0.4 is 5.73 Å². The van der Waals surface area contributed by atoms with Gasteiger partial charge in [-0.1, -0.05) is 0 Å². The average molecular weight is 175 g/mol. The second-order valence-electron chi connectivity index (χ2n) is 4.31. The van der Waals surface area contributed by atoms with Crippen molar-refractivity contribution in [3.63, 3.8) is 0 Å². The molecule has 2 aliphatic rings. The molecule has 13 heavy (non-hydrogen) atoms. The highest BCUT2D eigenvalue weighted by Gasteiger charge is 2.65. The maximum Gasteiger partial charge on any atom is 0.136 e. The molecule has 0 aromatic carbocycles. The molecule has 1 aromatic heterocycles. The number of hydrogen-bond acceptors (Lipinski definition) is 3. The highest BCUT2D eigenvalue weighted by molar-refractivity contribution is 5.32. The van der Waals surface area contributed by atoms with Crippen LogP contribution in [0.25, 0.3) is 0 Å². The molecule has 0 amide bonds. The van der Waals surface area contributed by atoms with Gasteiger partial charge in [-0.25, -0.2) is 9.97 Å². The summed E-state index contributed by atoms with van der Waals surface area (Å²) in [5.41, 5.74) is 6.42. The van der Waals surface area contributed by atoms with Crippen LogP contribution in [-0.4, -0.2) is 15.5 Å². The van der Waals surface area contributed by atoms with Gasteiger partial charge in [0.1, 0.15) is 5.82 Å². The van der Waals surface area contributed by atoms with Gasteiger partial charge < -0.3 is 5.73 Å². The van der Waals surface area contributed by atoms with Crippen molar-refractivity contribution in [1.82, 2.24) is 9.97 Å². The summed E-state index contributed by atoms with van der Waals surface area (Å²) in [4.78, 5) is 8.66. The molecule has 1 aromatic rings. The van der Waals surface area contributed by atoms with E-state index in [2.05, 4.69) is 9.97 Å². The lowest BCUT2D eigenvalue weighted by Gasteiger charge is -2.20. The number of nitrogens with two attached hydrogens (primary N) is 1. The molecule has 68 valence electrons.